The summed E-state index contributed by atoms with van der Waals surface area (Å²) in [5.74, 6) is 1.17. The van der Waals surface area contributed by atoms with E-state index in [0.29, 0.717) is 36.6 Å². The fourth-order valence-corrected chi connectivity index (χ4v) is 2.69. The number of nitrogens with zero attached hydrogens (tertiary/aromatic N) is 1. The summed E-state index contributed by atoms with van der Waals surface area (Å²) in [4.78, 5) is 12.5. The topological polar surface area (TPSA) is 64.4 Å². The minimum Gasteiger partial charge on any atom is -0.494 e. The molecule has 1 N–H and O–H groups in total. The van der Waals surface area contributed by atoms with Gasteiger partial charge in [-0.25, -0.2) is 0 Å². The quantitative estimate of drug-likeness (QED) is 0.650. The zero-order chi connectivity index (χ0) is 18.4. The first-order valence-corrected chi connectivity index (χ1v) is 8.64. The summed E-state index contributed by atoms with van der Waals surface area (Å²) in [5.41, 5.74) is 3.07. The Labute approximate surface area is 153 Å². The van der Waals surface area contributed by atoms with E-state index < -0.39 is 0 Å². The number of amides is 1. The maximum Gasteiger partial charge on any atom is 0.257 e. The Morgan fingerprint density at radius 1 is 1.12 bits per heavy atom. The lowest BCUT2D eigenvalue weighted by molar-refractivity contribution is 0.0950. The van der Waals surface area contributed by atoms with Crippen molar-refractivity contribution in [3.05, 3.63) is 71.5 Å². The molecule has 1 amide bonds. The highest BCUT2D eigenvalue weighted by atomic mass is 16.5. The van der Waals surface area contributed by atoms with E-state index in [2.05, 4.69) is 10.5 Å². The Kier molecular flexibility index (Phi) is 5.69. The van der Waals surface area contributed by atoms with E-state index >= 15 is 0 Å². The molecule has 26 heavy (non-hydrogen) atoms. The predicted octanol–water partition coefficient (Wildman–Crippen LogP) is 4.16. The fraction of sp³-hybridized carbons (Fsp3) is 0.238. The predicted molar refractivity (Wildman–Crippen MR) is 100 cm³/mol. The molecule has 0 aliphatic heterocycles. The van der Waals surface area contributed by atoms with Crippen molar-refractivity contribution < 1.29 is 14.1 Å². The van der Waals surface area contributed by atoms with Crippen LogP contribution in [0.3, 0.4) is 0 Å². The molecule has 1 aromatic heterocycles. The normalized spacial score (nSPS) is 10.5. The molecule has 134 valence electrons. The van der Waals surface area contributed by atoms with Crippen LogP contribution in [0.15, 0.2) is 59.1 Å². The van der Waals surface area contributed by atoms with Crippen molar-refractivity contribution in [2.24, 2.45) is 0 Å². The van der Waals surface area contributed by atoms with Crippen molar-refractivity contribution >= 4 is 5.91 Å². The van der Waals surface area contributed by atoms with Crippen LogP contribution in [-0.4, -0.2) is 24.2 Å². The molecule has 3 aromatic rings. The Hall–Kier alpha value is -3.08. The lowest BCUT2D eigenvalue weighted by Crippen LogP contribution is -2.26. The average Bonchev–Trinajstić information content (AvgIpc) is 3.04. The van der Waals surface area contributed by atoms with Gasteiger partial charge in [-0.05, 0) is 38.0 Å². The smallest absolute Gasteiger partial charge is 0.257 e. The van der Waals surface area contributed by atoms with Gasteiger partial charge in [-0.2, -0.15) is 0 Å². The van der Waals surface area contributed by atoms with Crippen LogP contribution in [0.2, 0.25) is 0 Å². The van der Waals surface area contributed by atoms with E-state index in [1.165, 1.54) is 0 Å². The second-order valence-corrected chi connectivity index (χ2v) is 6.10. The molecule has 3 rings (SSSR count). The van der Waals surface area contributed by atoms with Crippen molar-refractivity contribution in [2.75, 3.05) is 13.2 Å². The summed E-state index contributed by atoms with van der Waals surface area (Å²) in [5, 5.41) is 6.95. The van der Waals surface area contributed by atoms with Crippen LogP contribution < -0.4 is 10.1 Å². The first-order chi connectivity index (χ1) is 12.6. The molecule has 0 bridgehead atoms. The molecule has 0 atom stereocenters. The number of ether oxygens (including phenoxy) is 1. The molecule has 5 nitrogen and oxygen atoms in total. The first-order valence-electron chi connectivity index (χ1n) is 8.64. The first kappa shape index (κ1) is 17.7. The molecule has 0 saturated heterocycles. The van der Waals surface area contributed by atoms with Gasteiger partial charge in [0.25, 0.3) is 5.91 Å². The Morgan fingerprint density at radius 3 is 2.69 bits per heavy atom. The molecular weight excluding hydrogens is 328 g/mol. The van der Waals surface area contributed by atoms with Crippen LogP contribution in [0.5, 0.6) is 5.75 Å². The highest BCUT2D eigenvalue weighted by Crippen LogP contribution is 2.24. The highest BCUT2D eigenvalue weighted by Gasteiger charge is 2.20. The average molecular weight is 350 g/mol. The van der Waals surface area contributed by atoms with Gasteiger partial charge in [-0.3, -0.25) is 4.79 Å². The number of hydrogen-bond donors (Lipinski definition) is 1. The number of carbonyl (C=O) groups is 1. The van der Waals surface area contributed by atoms with Gasteiger partial charge in [0.05, 0.1) is 6.61 Å². The summed E-state index contributed by atoms with van der Waals surface area (Å²) in [7, 11) is 0. The van der Waals surface area contributed by atoms with Gasteiger partial charge in [0, 0.05) is 12.1 Å². The van der Waals surface area contributed by atoms with Crippen molar-refractivity contribution in [2.45, 2.75) is 20.3 Å². The van der Waals surface area contributed by atoms with Gasteiger partial charge in [0.2, 0.25) is 0 Å². The van der Waals surface area contributed by atoms with Crippen LogP contribution in [0.1, 0.15) is 28.1 Å². The van der Waals surface area contributed by atoms with E-state index in [1.807, 2.05) is 61.5 Å². The molecule has 2 aromatic carbocycles. The fourth-order valence-electron chi connectivity index (χ4n) is 2.69. The largest absolute Gasteiger partial charge is 0.494 e. The molecule has 1 heterocycles. The van der Waals surface area contributed by atoms with Gasteiger partial charge >= 0.3 is 0 Å². The van der Waals surface area contributed by atoms with Gasteiger partial charge in [0.1, 0.15) is 22.8 Å². The summed E-state index contributed by atoms with van der Waals surface area (Å²) in [6.45, 7) is 4.83. The Bertz CT molecular complexity index is 872. The molecule has 0 aliphatic rings. The van der Waals surface area contributed by atoms with Crippen molar-refractivity contribution in [1.29, 1.82) is 0 Å². The zero-order valence-corrected chi connectivity index (χ0v) is 15.0. The van der Waals surface area contributed by atoms with Gasteiger partial charge < -0.3 is 14.6 Å². The van der Waals surface area contributed by atoms with Crippen molar-refractivity contribution in [1.82, 2.24) is 10.5 Å². The second-order valence-electron chi connectivity index (χ2n) is 6.10. The number of rotatable bonds is 7. The number of hydrogen-bond acceptors (Lipinski definition) is 4. The van der Waals surface area contributed by atoms with Gasteiger partial charge in [-0.1, -0.05) is 47.6 Å². The SMILES string of the molecule is Cc1cccc(OCCCNC(=O)c2c(-c3ccccc3)noc2C)c1. The minimum atomic E-state index is -0.182. The maximum absolute atomic E-state index is 12.5. The molecule has 5 heteroatoms. The second kappa shape index (κ2) is 8.34. The van der Waals surface area contributed by atoms with E-state index in [1.54, 1.807) is 6.92 Å². The standard InChI is InChI=1S/C21H22N2O3/c1-15-8-6-11-18(14-15)25-13-7-12-22-21(24)19-16(2)26-23-20(19)17-9-4-3-5-10-17/h3-6,8-11,14H,7,12-13H2,1-2H3,(H,22,24). The molecule has 0 saturated carbocycles. The molecular formula is C21H22N2O3. The summed E-state index contributed by atoms with van der Waals surface area (Å²) < 4.78 is 10.9. The number of benzene rings is 2. The molecule has 0 fully saturated rings. The molecule has 0 radical (unpaired) electrons. The third-order valence-corrected chi connectivity index (χ3v) is 4.00. The lowest BCUT2D eigenvalue weighted by atomic mass is 10.1. The third kappa shape index (κ3) is 4.30. The van der Waals surface area contributed by atoms with Crippen molar-refractivity contribution in [3.8, 4) is 17.0 Å². The van der Waals surface area contributed by atoms with E-state index in [-0.39, 0.29) is 5.91 Å². The number of aryl methyl sites for hydroxylation is 2. The van der Waals surface area contributed by atoms with Crippen LogP contribution in [0, 0.1) is 13.8 Å². The Morgan fingerprint density at radius 2 is 1.92 bits per heavy atom. The van der Waals surface area contributed by atoms with Gasteiger partial charge in [0.15, 0.2) is 0 Å². The zero-order valence-electron chi connectivity index (χ0n) is 15.0. The van der Waals surface area contributed by atoms with Crippen LogP contribution in [-0.2, 0) is 0 Å². The van der Waals surface area contributed by atoms with E-state index in [4.69, 9.17) is 9.26 Å². The molecule has 0 spiro atoms. The minimum absolute atomic E-state index is 0.182. The van der Waals surface area contributed by atoms with Crippen LogP contribution in [0.4, 0.5) is 0 Å². The number of carbonyl (C=O) groups excluding carboxylic acids is 1. The summed E-state index contributed by atoms with van der Waals surface area (Å²) in [6, 6.07) is 17.5. The highest BCUT2D eigenvalue weighted by molar-refractivity contribution is 6.00. The summed E-state index contributed by atoms with van der Waals surface area (Å²) in [6.07, 6.45) is 0.713. The maximum atomic E-state index is 12.5. The molecule has 0 unspecified atom stereocenters. The monoisotopic (exact) mass is 350 g/mol. The number of nitrogens with one attached hydrogen (secondary N) is 1. The van der Waals surface area contributed by atoms with Crippen molar-refractivity contribution in [3.63, 3.8) is 0 Å². The van der Waals surface area contributed by atoms with Crippen LogP contribution >= 0.6 is 0 Å². The van der Waals surface area contributed by atoms with Crippen LogP contribution in [0.25, 0.3) is 11.3 Å². The van der Waals surface area contributed by atoms with Gasteiger partial charge in [-0.15, -0.1) is 0 Å². The summed E-state index contributed by atoms with van der Waals surface area (Å²) >= 11 is 0. The number of aromatic nitrogens is 1. The Balaban J connectivity index is 1.53. The van der Waals surface area contributed by atoms with E-state index in [0.717, 1.165) is 16.9 Å². The third-order valence-electron chi connectivity index (χ3n) is 4.00. The lowest BCUT2D eigenvalue weighted by Gasteiger charge is -2.08. The molecule has 0 aliphatic carbocycles. The van der Waals surface area contributed by atoms with E-state index in [9.17, 15) is 4.79 Å².